The molecule has 0 spiro atoms. The summed E-state index contributed by atoms with van der Waals surface area (Å²) in [5.41, 5.74) is 3.18. The highest BCUT2D eigenvalue weighted by molar-refractivity contribution is 8.00. The van der Waals surface area contributed by atoms with Crippen LogP contribution in [-0.2, 0) is 18.3 Å². The van der Waals surface area contributed by atoms with Crippen LogP contribution >= 0.6 is 23.4 Å². The van der Waals surface area contributed by atoms with Gasteiger partial charge >= 0.3 is 0 Å². The number of anilines is 1. The molecule has 1 aliphatic rings. The van der Waals surface area contributed by atoms with Crippen LogP contribution in [0.5, 0.6) is 0 Å². The zero-order chi connectivity index (χ0) is 19.8. The lowest BCUT2D eigenvalue weighted by molar-refractivity contribution is -0.118. The molecular weight excluding hydrogens is 392 g/mol. The van der Waals surface area contributed by atoms with Gasteiger partial charge in [-0.1, -0.05) is 41.6 Å². The van der Waals surface area contributed by atoms with Crippen molar-refractivity contribution in [3.05, 3.63) is 59.1 Å². The van der Waals surface area contributed by atoms with Gasteiger partial charge in [0.05, 0.1) is 5.25 Å². The standard InChI is InChI=1S/C21H21ClN4OS/c1-13-12-16-6-4-5-7-18(16)26(13)20(27)14(2)28-21-24-23-19(25(21)3)15-8-10-17(22)11-9-15/h4-11,13-14H,12H2,1-3H3/t13-,14-/m1/s1. The Morgan fingerprint density at radius 3 is 2.64 bits per heavy atom. The third-order valence-electron chi connectivity index (χ3n) is 5.01. The van der Waals surface area contributed by atoms with Crippen LogP contribution in [0.1, 0.15) is 19.4 Å². The Hall–Kier alpha value is -2.31. The first-order valence-corrected chi connectivity index (χ1v) is 10.4. The van der Waals surface area contributed by atoms with Crippen molar-refractivity contribution in [2.75, 3.05) is 4.90 Å². The van der Waals surface area contributed by atoms with Gasteiger partial charge in [0.1, 0.15) is 0 Å². The number of carbonyl (C=O) groups is 1. The molecule has 0 bridgehead atoms. The average Bonchev–Trinajstić information content (AvgIpc) is 3.21. The van der Waals surface area contributed by atoms with E-state index in [4.69, 9.17) is 11.6 Å². The van der Waals surface area contributed by atoms with Crippen molar-refractivity contribution in [1.29, 1.82) is 0 Å². The monoisotopic (exact) mass is 412 g/mol. The Kier molecular flexibility index (Phi) is 5.17. The lowest BCUT2D eigenvalue weighted by Gasteiger charge is -2.25. The Bertz CT molecular complexity index is 1020. The van der Waals surface area contributed by atoms with Crippen molar-refractivity contribution in [1.82, 2.24) is 14.8 Å². The number of hydrogen-bond donors (Lipinski definition) is 0. The van der Waals surface area contributed by atoms with Gasteiger partial charge in [0.2, 0.25) is 5.91 Å². The van der Waals surface area contributed by atoms with Gasteiger partial charge in [-0.05, 0) is 56.2 Å². The fourth-order valence-electron chi connectivity index (χ4n) is 3.57. The zero-order valence-electron chi connectivity index (χ0n) is 16.0. The number of thioether (sulfide) groups is 1. The fourth-order valence-corrected chi connectivity index (χ4v) is 4.56. The van der Waals surface area contributed by atoms with Gasteiger partial charge in [0.25, 0.3) is 0 Å². The van der Waals surface area contributed by atoms with Crippen molar-refractivity contribution in [2.24, 2.45) is 7.05 Å². The van der Waals surface area contributed by atoms with Crippen molar-refractivity contribution >= 4 is 35.0 Å². The van der Waals surface area contributed by atoms with Crippen LogP contribution in [0, 0.1) is 0 Å². The number of nitrogens with zero attached hydrogens (tertiary/aromatic N) is 4. The Balaban J connectivity index is 1.53. The number of benzene rings is 2. The van der Waals surface area contributed by atoms with Crippen molar-refractivity contribution < 1.29 is 4.79 Å². The van der Waals surface area contributed by atoms with E-state index in [-0.39, 0.29) is 17.2 Å². The molecule has 0 saturated carbocycles. The van der Waals surface area contributed by atoms with Crippen LogP contribution in [0.15, 0.2) is 53.7 Å². The zero-order valence-corrected chi connectivity index (χ0v) is 17.5. The minimum absolute atomic E-state index is 0.0958. The second-order valence-corrected chi connectivity index (χ2v) is 8.77. The predicted molar refractivity (Wildman–Crippen MR) is 114 cm³/mol. The van der Waals surface area contributed by atoms with E-state index in [2.05, 4.69) is 23.2 Å². The predicted octanol–water partition coefficient (Wildman–Crippen LogP) is 4.59. The smallest absolute Gasteiger partial charge is 0.240 e. The Labute approximate surface area is 173 Å². The highest BCUT2D eigenvalue weighted by atomic mass is 35.5. The third-order valence-corrected chi connectivity index (χ3v) is 6.39. The summed E-state index contributed by atoms with van der Waals surface area (Å²) in [4.78, 5) is 15.1. The molecule has 0 radical (unpaired) electrons. The molecule has 1 aromatic heterocycles. The number of para-hydroxylation sites is 1. The minimum atomic E-state index is -0.269. The fraction of sp³-hybridized carbons (Fsp3) is 0.286. The maximum Gasteiger partial charge on any atom is 0.240 e. The molecular formula is C21H21ClN4OS. The average molecular weight is 413 g/mol. The summed E-state index contributed by atoms with van der Waals surface area (Å²) in [6.07, 6.45) is 0.893. The summed E-state index contributed by atoms with van der Waals surface area (Å²) in [5, 5.41) is 9.72. The van der Waals surface area contributed by atoms with Gasteiger partial charge in [-0.15, -0.1) is 10.2 Å². The maximum absolute atomic E-state index is 13.2. The van der Waals surface area contributed by atoms with E-state index in [9.17, 15) is 4.79 Å². The normalized spacial score (nSPS) is 16.9. The van der Waals surface area contributed by atoms with E-state index in [1.165, 1.54) is 17.3 Å². The summed E-state index contributed by atoms with van der Waals surface area (Å²) in [5.74, 6) is 0.845. The molecule has 144 valence electrons. The number of fused-ring (bicyclic) bond motifs is 1. The first-order valence-electron chi connectivity index (χ1n) is 9.18. The second kappa shape index (κ2) is 7.60. The molecule has 3 aromatic rings. The quantitative estimate of drug-likeness (QED) is 0.588. The first kappa shape index (κ1) is 19.0. The second-order valence-electron chi connectivity index (χ2n) is 7.02. The van der Waals surface area contributed by atoms with Crippen LogP contribution in [-0.4, -0.2) is 32.0 Å². The molecule has 2 atom stereocenters. The number of carbonyl (C=O) groups excluding carboxylic acids is 1. The minimum Gasteiger partial charge on any atom is -0.308 e. The SMILES string of the molecule is C[C@@H]1Cc2ccccc2N1C(=O)[C@@H](C)Sc1nnc(-c2ccc(Cl)cc2)n1C. The summed E-state index contributed by atoms with van der Waals surface area (Å²) in [6.45, 7) is 4.02. The van der Waals surface area contributed by atoms with Gasteiger partial charge < -0.3 is 9.47 Å². The van der Waals surface area contributed by atoms with Crippen LogP contribution in [0.25, 0.3) is 11.4 Å². The Morgan fingerprint density at radius 1 is 1.18 bits per heavy atom. The van der Waals surface area contributed by atoms with E-state index in [1.807, 2.05) is 65.9 Å². The van der Waals surface area contributed by atoms with E-state index >= 15 is 0 Å². The lowest BCUT2D eigenvalue weighted by Crippen LogP contribution is -2.40. The molecule has 0 fully saturated rings. The van der Waals surface area contributed by atoms with Gasteiger partial charge in [0, 0.05) is 29.4 Å². The molecule has 4 rings (SSSR count). The molecule has 5 nitrogen and oxygen atoms in total. The van der Waals surface area contributed by atoms with Crippen LogP contribution in [0.2, 0.25) is 5.02 Å². The number of hydrogen-bond acceptors (Lipinski definition) is 4. The lowest BCUT2D eigenvalue weighted by atomic mass is 10.1. The largest absolute Gasteiger partial charge is 0.308 e. The maximum atomic E-state index is 13.2. The van der Waals surface area contributed by atoms with Crippen molar-refractivity contribution in [3.63, 3.8) is 0 Å². The van der Waals surface area contributed by atoms with Gasteiger partial charge in [-0.2, -0.15) is 0 Å². The molecule has 0 aliphatic carbocycles. The molecule has 0 saturated heterocycles. The van der Waals surface area contributed by atoms with Gasteiger partial charge in [-0.25, -0.2) is 0 Å². The van der Waals surface area contributed by atoms with Crippen molar-refractivity contribution in [3.8, 4) is 11.4 Å². The third kappa shape index (κ3) is 3.42. The van der Waals surface area contributed by atoms with E-state index < -0.39 is 0 Å². The molecule has 0 unspecified atom stereocenters. The number of halogens is 1. The molecule has 2 aromatic carbocycles. The summed E-state index contributed by atoms with van der Waals surface area (Å²) in [6, 6.07) is 15.8. The molecule has 7 heteroatoms. The topological polar surface area (TPSA) is 51.0 Å². The summed E-state index contributed by atoms with van der Waals surface area (Å²) >= 11 is 7.40. The van der Waals surface area contributed by atoms with E-state index in [0.29, 0.717) is 10.2 Å². The molecule has 1 aliphatic heterocycles. The Morgan fingerprint density at radius 2 is 1.89 bits per heavy atom. The van der Waals surface area contributed by atoms with E-state index in [1.54, 1.807) is 0 Å². The highest BCUT2D eigenvalue weighted by Crippen LogP contribution is 2.35. The molecule has 0 N–H and O–H groups in total. The number of aromatic nitrogens is 3. The first-order chi connectivity index (χ1) is 13.5. The summed E-state index contributed by atoms with van der Waals surface area (Å²) in [7, 11) is 1.91. The van der Waals surface area contributed by atoms with Crippen molar-refractivity contribution in [2.45, 2.75) is 36.7 Å². The van der Waals surface area contributed by atoms with Crippen LogP contribution in [0.4, 0.5) is 5.69 Å². The number of amides is 1. The van der Waals surface area contributed by atoms with Crippen LogP contribution in [0.3, 0.4) is 0 Å². The van der Waals surface area contributed by atoms with Crippen LogP contribution < -0.4 is 4.90 Å². The van der Waals surface area contributed by atoms with Gasteiger partial charge in [0.15, 0.2) is 11.0 Å². The summed E-state index contributed by atoms with van der Waals surface area (Å²) < 4.78 is 1.92. The van der Waals surface area contributed by atoms with Gasteiger partial charge in [-0.3, -0.25) is 4.79 Å². The molecule has 28 heavy (non-hydrogen) atoms. The highest BCUT2D eigenvalue weighted by Gasteiger charge is 2.34. The molecule has 1 amide bonds. The number of rotatable bonds is 4. The van der Waals surface area contributed by atoms with E-state index in [0.717, 1.165) is 23.5 Å². The molecule has 2 heterocycles.